The van der Waals surface area contributed by atoms with Gasteiger partial charge in [-0.05, 0) is 48.7 Å². The van der Waals surface area contributed by atoms with Gasteiger partial charge < -0.3 is 4.90 Å². The molecule has 0 aliphatic carbocycles. The number of halogens is 4. The molecule has 2 heterocycles. The minimum Gasteiger partial charge on any atom is -0.341 e. The molecule has 1 aromatic heterocycles. The van der Waals surface area contributed by atoms with Crippen LogP contribution in [-0.2, 0) is 27.5 Å². The fourth-order valence-electron chi connectivity index (χ4n) is 3.53. The second-order valence-electron chi connectivity index (χ2n) is 7.37. The molecule has 1 aliphatic heterocycles. The summed E-state index contributed by atoms with van der Waals surface area (Å²) in [6.07, 6.45) is -0.908. The molecule has 31 heavy (non-hydrogen) atoms. The molecule has 0 spiro atoms. The Balaban J connectivity index is 1.67. The van der Waals surface area contributed by atoms with Crippen molar-refractivity contribution >= 4 is 27.5 Å². The highest BCUT2D eigenvalue weighted by Gasteiger charge is 2.37. The molecule has 0 atom stereocenters. The van der Waals surface area contributed by atoms with Crippen LogP contribution in [0.25, 0.3) is 0 Å². The van der Waals surface area contributed by atoms with Crippen molar-refractivity contribution in [3.05, 3.63) is 58.9 Å². The second-order valence-corrected chi connectivity index (χ2v) is 9.71. The van der Waals surface area contributed by atoms with Gasteiger partial charge >= 0.3 is 6.18 Å². The molecule has 2 aromatic rings. The van der Waals surface area contributed by atoms with E-state index in [-0.39, 0.29) is 24.9 Å². The molecule has 0 bridgehead atoms. The van der Waals surface area contributed by atoms with Gasteiger partial charge in [0.2, 0.25) is 15.9 Å². The molecule has 0 saturated carbocycles. The maximum absolute atomic E-state index is 13.1. The summed E-state index contributed by atoms with van der Waals surface area (Å²) in [5.41, 5.74) is -0.271. The number of alkyl halides is 3. The molecule has 11 heteroatoms. The molecule has 168 valence electrons. The smallest absolute Gasteiger partial charge is 0.341 e. The Bertz CT molecular complexity index is 1040. The second kappa shape index (κ2) is 9.13. The monoisotopic (exact) mass is 475 g/mol. The van der Waals surface area contributed by atoms with Gasteiger partial charge in [0.25, 0.3) is 0 Å². The molecule has 0 radical (unpaired) electrons. The number of aromatic nitrogens is 1. The van der Waals surface area contributed by atoms with Crippen molar-refractivity contribution < 1.29 is 26.4 Å². The zero-order valence-electron chi connectivity index (χ0n) is 16.6. The normalized spacial score (nSPS) is 16.3. The van der Waals surface area contributed by atoms with Crippen molar-refractivity contribution in [2.45, 2.75) is 30.5 Å². The van der Waals surface area contributed by atoms with E-state index in [4.69, 9.17) is 11.6 Å². The minimum atomic E-state index is -4.76. The fourth-order valence-corrected chi connectivity index (χ4v) is 5.25. The first-order valence-corrected chi connectivity index (χ1v) is 11.3. The summed E-state index contributed by atoms with van der Waals surface area (Å²) in [6, 6.07) is 6.16. The molecule has 0 unspecified atom stereocenters. The van der Waals surface area contributed by atoms with E-state index in [0.29, 0.717) is 25.5 Å². The zero-order valence-corrected chi connectivity index (χ0v) is 18.2. The Hall–Kier alpha value is -2.17. The largest absolute Gasteiger partial charge is 0.417 e. The van der Waals surface area contributed by atoms with Crippen LogP contribution in [0.15, 0.2) is 47.6 Å². The summed E-state index contributed by atoms with van der Waals surface area (Å²) in [5, 5.41) is -0.562. The van der Waals surface area contributed by atoms with Crippen LogP contribution in [0.4, 0.5) is 13.2 Å². The SMILES string of the molecule is CN(Cc1ccncc1)C(=O)C1CCN(S(=O)(=O)c2ccc(Cl)c(C(F)(F)F)c2)CC1. The highest BCUT2D eigenvalue weighted by Crippen LogP contribution is 2.36. The first-order chi connectivity index (χ1) is 14.5. The Morgan fingerprint density at radius 2 is 1.81 bits per heavy atom. The molecule has 1 aliphatic rings. The number of benzene rings is 1. The number of hydrogen-bond donors (Lipinski definition) is 0. The molecule has 1 saturated heterocycles. The summed E-state index contributed by atoms with van der Waals surface area (Å²) in [6.45, 7) is 0.502. The zero-order chi connectivity index (χ0) is 22.8. The van der Waals surface area contributed by atoms with Crippen LogP contribution < -0.4 is 0 Å². The van der Waals surface area contributed by atoms with Crippen molar-refractivity contribution in [1.82, 2.24) is 14.2 Å². The van der Waals surface area contributed by atoms with Crippen LogP contribution in [0.2, 0.25) is 5.02 Å². The Kier molecular flexibility index (Phi) is 6.92. The lowest BCUT2D eigenvalue weighted by molar-refractivity contribution is -0.138. The summed E-state index contributed by atoms with van der Waals surface area (Å²) < 4.78 is 66.1. The number of piperidine rings is 1. The molecule has 0 N–H and O–H groups in total. The lowest BCUT2D eigenvalue weighted by Crippen LogP contribution is -2.43. The summed E-state index contributed by atoms with van der Waals surface area (Å²) >= 11 is 5.58. The molecule has 1 amide bonds. The van der Waals surface area contributed by atoms with Gasteiger partial charge in [-0.2, -0.15) is 17.5 Å². The Morgan fingerprint density at radius 1 is 1.19 bits per heavy atom. The van der Waals surface area contributed by atoms with Gasteiger partial charge in [0, 0.05) is 45.0 Å². The highest BCUT2D eigenvalue weighted by atomic mass is 35.5. The highest BCUT2D eigenvalue weighted by molar-refractivity contribution is 7.89. The molecular weight excluding hydrogens is 455 g/mol. The average Bonchev–Trinajstić information content (AvgIpc) is 2.73. The van der Waals surface area contributed by atoms with E-state index in [0.717, 1.165) is 22.0 Å². The third kappa shape index (κ3) is 5.36. The van der Waals surface area contributed by atoms with Gasteiger partial charge in [0.1, 0.15) is 0 Å². The number of carbonyl (C=O) groups is 1. The van der Waals surface area contributed by atoms with Crippen molar-refractivity contribution in [1.29, 1.82) is 0 Å². The average molecular weight is 476 g/mol. The standard InChI is InChI=1S/C20H21ClF3N3O3S/c1-26(13-14-4-8-25-9-5-14)19(28)15-6-10-27(11-7-15)31(29,30)16-2-3-18(21)17(12-16)20(22,23)24/h2-5,8-9,12,15H,6-7,10-11,13H2,1H3. The van der Waals surface area contributed by atoms with E-state index in [1.54, 1.807) is 36.5 Å². The van der Waals surface area contributed by atoms with Crippen molar-refractivity contribution in [3.63, 3.8) is 0 Å². The number of carbonyl (C=O) groups excluding carboxylic acids is 1. The topological polar surface area (TPSA) is 70.6 Å². The summed E-state index contributed by atoms with van der Waals surface area (Å²) in [7, 11) is -2.46. The predicted octanol–water partition coefficient (Wildman–Crippen LogP) is 3.81. The number of rotatable bonds is 5. The third-order valence-corrected chi connectivity index (χ3v) is 7.45. The van der Waals surface area contributed by atoms with E-state index in [9.17, 15) is 26.4 Å². The van der Waals surface area contributed by atoms with Gasteiger partial charge in [0.05, 0.1) is 15.5 Å². The van der Waals surface area contributed by atoms with E-state index in [1.165, 1.54) is 0 Å². The molecule has 1 aromatic carbocycles. The predicted molar refractivity (Wildman–Crippen MR) is 109 cm³/mol. The van der Waals surface area contributed by atoms with E-state index in [2.05, 4.69) is 4.98 Å². The maximum atomic E-state index is 13.1. The number of hydrogen-bond acceptors (Lipinski definition) is 4. The van der Waals surface area contributed by atoms with Gasteiger partial charge in [-0.3, -0.25) is 9.78 Å². The Labute approximate surface area is 183 Å². The Morgan fingerprint density at radius 3 is 2.39 bits per heavy atom. The van der Waals surface area contributed by atoms with Gasteiger partial charge in [0.15, 0.2) is 0 Å². The van der Waals surface area contributed by atoms with Gasteiger partial charge in [-0.1, -0.05) is 11.6 Å². The molecule has 1 fully saturated rings. The third-order valence-electron chi connectivity index (χ3n) is 5.23. The molecule has 3 rings (SSSR count). The van der Waals surface area contributed by atoms with E-state index in [1.807, 2.05) is 0 Å². The fraction of sp³-hybridized carbons (Fsp3) is 0.400. The van der Waals surface area contributed by atoms with Gasteiger partial charge in [-0.25, -0.2) is 8.42 Å². The lowest BCUT2D eigenvalue weighted by Gasteiger charge is -2.32. The van der Waals surface area contributed by atoms with Crippen LogP contribution in [-0.4, -0.2) is 48.7 Å². The van der Waals surface area contributed by atoms with E-state index >= 15 is 0 Å². The maximum Gasteiger partial charge on any atom is 0.417 e. The number of nitrogens with zero attached hydrogens (tertiary/aromatic N) is 3. The van der Waals surface area contributed by atoms with Gasteiger partial charge in [-0.15, -0.1) is 0 Å². The molecular formula is C20H21ClF3N3O3S. The number of amides is 1. The number of pyridine rings is 1. The first-order valence-electron chi connectivity index (χ1n) is 9.51. The quantitative estimate of drug-likeness (QED) is 0.659. The molecule has 6 nitrogen and oxygen atoms in total. The number of sulfonamides is 1. The van der Waals surface area contributed by atoms with Crippen LogP contribution >= 0.6 is 11.6 Å². The first kappa shape index (κ1) is 23.5. The van der Waals surface area contributed by atoms with Crippen molar-refractivity contribution in [2.24, 2.45) is 5.92 Å². The van der Waals surface area contributed by atoms with Crippen LogP contribution in [0, 0.1) is 5.92 Å². The van der Waals surface area contributed by atoms with Crippen LogP contribution in [0.3, 0.4) is 0 Å². The van der Waals surface area contributed by atoms with Crippen LogP contribution in [0.1, 0.15) is 24.0 Å². The minimum absolute atomic E-state index is 0.0474. The summed E-state index contributed by atoms with van der Waals surface area (Å²) in [5.74, 6) is -0.450. The van der Waals surface area contributed by atoms with Crippen LogP contribution in [0.5, 0.6) is 0 Å². The van der Waals surface area contributed by atoms with Crippen molar-refractivity contribution in [2.75, 3.05) is 20.1 Å². The van der Waals surface area contributed by atoms with E-state index < -0.39 is 31.7 Å². The van der Waals surface area contributed by atoms with Crippen molar-refractivity contribution in [3.8, 4) is 0 Å². The summed E-state index contributed by atoms with van der Waals surface area (Å²) in [4.78, 5) is 17.8. The lowest BCUT2D eigenvalue weighted by atomic mass is 9.96.